The van der Waals surface area contributed by atoms with Crippen molar-refractivity contribution >= 4 is 32.3 Å². The van der Waals surface area contributed by atoms with E-state index in [0.717, 1.165) is 27.8 Å². The molecule has 0 saturated carbocycles. The highest BCUT2D eigenvalue weighted by atomic mass is 15.0. The average Bonchev–Trinajstić information content (AvgIpc) is 3.88. The number of benzene rings is 11. The maximum atomic E-state index is 4.98. The van der Waals surface area contributed by atoms with Crippen LogP contribution in [0.2, 0.25) is 0 Å². The Morgan fingerprint density at radius 1 is 0.224 bits per heavy atom. The summed E-state index contributed by atoms with van der Waals surface area (Å²) < 4.78 is 0. The fourth-order valence-corrected chi connectivity index (χ4v) is 11.4. The fourth-order valence-electron chi connectivity index (χ4n) is 11.4. The van der Waals surface area contributed by atoms with E-state index in [9.17, 15) is 0 Å². The Labute approximate surface area is 388 Å². The van der Waals surface area contributed by atoms with E-state index in [1.54, 1.807) is 0 Å². The van der Waals surface area contributed by atoms with E-state index >= 15 is 0 Å². The van der Waals surface area contributed by atoms with Crippen LogP contribution >= 0.6 is 0 Å². The SMILES string of the molecule is c1ccc(-c2nc(-c3ccccc3)nc(-c3ccc(-c4ccc5c(c4)c4ccccc4c4cccc(-c6ccc7c(c6)-c6ccccc6C76c7ccccc7-c7ccccc76)c45)cc3)n2)cc1. The van der Waals surface area contributed by atoms with Crippen molar-refractivity contribution in [2.75, 3.05) is 0 Å². The van der Waals surface area contributed by atoms with Crippen LogP contribution < -0.4 is 0 Å². The number of hydrogen-bond donors (Lipinski definition) is 0. The summed E-state index contributed by atoms with van der Waals surface area (Å²) in [7, 11) is 0. The lowest BCUT2D eigenvalue weighted by atomic mass is 9.70. The van der Waals surface area contributed by atoms with Gasteiger partial charge in [0.05, 0.1) is 5.41 Å². The minimum atomic E-state index is -0.366. The van der Waals surface area contributed by atoms with Crippen molar-refractivity contribution < 1.29 is 0 Å². The normalized spacial score (nSPS) is 12.9. The molecule has 0 N–H and O–H groups in total. The zero-order valence-electron chi connectivity index (χ0n) is 36.4. The Morgan fingerprint density at radius 3 is 1.22 bits per heavy atom. The molecule has 0 radical (unpaired) electrons. The molecular weight excluding hydrogens is 811 g/mol. The molecular formula is C64H39N3. The number of fused-ring (bicyclic) bond motifs is 16. The zero-order chi connectivity index (χ0) is 44.1. The maximum Gasteiger partial charge on any atom is 0.164 e. The monoisotopic (exact) mass is 849 g/mol. The first kappa shape index (κ1) is 37.6. The predicted molar refractivity (Wildman–Crippen MR) is 276 cm³/mol. The lowest BCUT2D eigenvalue weighted by molar-refractivity contribution is 0.794. The average molecular weight is 850 g/mol. The first-order valence-electron chi connectivity index (χ1n) is 23.0. The largest absolute Gasteiger partial charge is 0.208 e. The third-order valence-corrected chi connectivity index (χ3v) is 14.3. The molecule has 12 aromatic rings. The van der Waals surface area contributed by atoms with Crippen molar-refractivity contribution in [2.45, 2.75) is 5.41 Å². The molecule has 3 nitrogen and oxygen atoms in total. The van der Waals surface area contributed by atoms with Gasteiger partial charge in [-0.15, -0.1) is 0 Å². The molecule has 0 amide bonds. The van der Waals surface area contributed by atoms with Crippen LogP contribution in [-0.4, -0.2) is 15.0 Å². The van der Waals surface area contributed by atoms with Gasteiger partial charge in [0.15, 0.2) is 17.5 Å². The number of nitrogens with zero attached hydrogens (tertiary/aromatic N) is 3. The highest BCUT2D eigenvalue weighted by molar-refractivity contribution is 6.29. The molecule has 0 aliphatic heterocycles. The summed E-state index contributed by atoms with van der Waals surface area (Å²) >= 11 is 0. The standard InChI is InChI=1S/C64H39N3/c1-3-16-41(17-4-1)61-65-62(42-18-5-2-6-19-42)67-63(66-61)43-32-30-40(31-33-43)44-34-36-53-54(38-44)48-21-8-7-20-47(48)52-26-15-25-46(60(52)53)45-35-37-59-55(39-45)51-24-11-14-29-58(51)64(59)56-27-12-9-22-49(56)50-23-10-13-28-57(50)64/h1-39H. The van der Waals surface area contributed by atoms with Gasteiger partial charge >= 0.3 is 0 Å². The van der Waals surface area contributed by atoms with Crippen LogP contribution in [0.3, 0.4) is 0 Å². The molecule has 11 aromatic carbocycles. The van der Waals surface area contributed by atoms with E-state index in [4.69, 9.17) is 15.0 Å². The molecule has 2 aliphatic rings. The molecule has 310 valence electrons. The second kappa shape index (κ2) is 14.6. The van der Waals surface area contributed by atoms with E-state index in [-0.39, 0.29) is 5.41 Å². The molecule has 0 unspecified atom stereocenters. The molecule has 1 heterocycles. The summed E-state index contributed by atoms with van der Waals surface area (Å²) in [6, 6.07) is 86.0. The second-order valence-electron chi connectivity index (χ2n) is 17.8. The Bertz CT molecular complexity index is 3860. The lowest BCUT2D eigenvalue weighted by Crippen LogP contribution is -2.25. The highest BCUT2D eigenvalue weighted by Crippen LogP contribution is 2.63. The van der Waals surface area contributed by atoms with Gasteiger partial charge in [-0.25, -0.2) is 15.0 Å². The van der Waals surface area contributed by atoms with Crippen molar-refractivity contribution in [3.05, 3.63) is 259 Å². The third kappa shape index (κ3) is 5.55. The molecule has 1 aromatic heterocycles. The number of aromatic nitrogens is 3. The summed E-state index contributed by atoms with van der Waals surface area (Å²) in [6.07, 6.45) is 0. The third-order valence-electron chi connectivity index (χ3n) is 14.3. The van der Waals surface area contributed by atoms with Crippen LogP contribution in [-0.2, 0) is 5.41 Å². The molecule has 0 fully saturated rings. The van der Waals surface area contributed by atoms with Crippen LogP contribution in [0.25, 0.3) is 111 Å². The molecule has 1 spiro atoms. The van der Waals surface area contributed by atoms with Crippen LogP contribution in [0.1, 0.15) is 22.3 Å². The predicted octanol–water partition coefficient (Wildman–Crippen LogP) is 16.0. The quantitative estimate of drug-likeness (QED) is 0.162. The minimum absolute atomic E-state index is 0.366. The van der Waals surface area contributed by atoms with Gasteiger partial charge in [0.25, 0.3) is 0 Å². The number of hydrogen-bond acceptors (Lipinski definition) is 3. The molecule has 2 aliphatic carbocycles. The summed E-state index contributed by atoms with van der Waals surface area (Å²) in [5, 5.41) is 7.51. The van der Waals surface area contributed by atoms with Crippen molar-refractivity contribution in [1.29, 1.82) is 0 Å². The molecule has 14 rings (SSSR count). The van der Waals surface area contributed by atoms with Crippen LogP contribution in [0.4, 0.5) is 0 Å². The fraction of sp³-hybridized carbons (Fsp3) is 0.0156. The summed E-state index contributed by atoms with van der Waals surface area (Å²) in [5.41, 5.74) is 17.9. The van der Waals surface area contributed by atoms with E-state index in [2.05, 4.69) is 176 Å². The second-order valence-corrected chi connectivity index (χ2v) is 17.8. The van der Waals surface area contributed by atoms with Gasteiger partial charge in [-0.1, -0.05) is 224 Å². The van der Waals surface area contributed by atoms with Gasteiger partial charge in [-0.05, 0) is 111 Å². The summed E-state index contributed by atoms with van der Waals surface area (Å²) in [5.74, 6) is 1.95. The zero-order valence-corrected chi connectivity index (χ0v) is 36.4. The molecule has 3 heteroatoms. The lowest BCUT2D eigenvalue weighted by Gasteiger charge is -2.30. The van der Waals surface area contributed by atoms with Crippen LogP contribution in [0.15, 0.2) is 237 Å². The summed E-state index contributed by atoms with van der Waals surface area (Å²) in [4.78, 5) is 14.9. The highest BCUT2D eigenvalue weighted by Gasteiger charge is 2.51. The smallest absolute Gasteiger partial charge is 0.164 e. The Balaban J connectivity index is 0.907. The Kier molecular flexibility index (Phi) is 8.20. The van der Waals surface area contributed by atoms with Crippen molar-refractivity contribution in [2.24, 2.45) is 0 Å². The van der Waals surface area contributed by atoms with Crippen molar-refractivity contribution in [3.8, 4) is 78.7 Å². The van der Waals surface area contributed by atoms with Crippen molar-refractivity contribution in [1.82, 2.24) is 15.0 Å². The van der Waals surface area contributed by atoms with E-state index < -0.39 is 0 Å². The molecule has 0 atom stereocenters. The molecule has 0 saturated heterocycles. The van der Waals surface area contributed by atoms with Gasteiger partial charge in [-0.2, -0.15) is 0 Å². The van der Waals surface area contributed by atoms with Gasteiger partial charge in [0.1, 0.15) is 0 Å². The van der Waals surface area contributed by atoms with Gasteiger partial charge in [0, 0.05) is 16.7 Å². The van der Waals surface area contributed by atoms with Crippen LogP contribution in [0.5, 0.6) is 0 Å². The Morgan fingerprint density at radius 2 is 0.627 bits per heavy atom. The van der Waals surface area contributed by atoms with E-state index in [0.29, 0.717) is 17.5 Å². The van der Waals surface area contributed by atoms with E-state index in [1.165, 1.54) is 88.0 Å². The topological polar surface area (TPSA) is 38.7 Å². The van der Waals surface area contributed by atoms with Gasteiger partial charge in [-0.3, -0.25) is 0 Å². The molecule has 0 bridgehead atoms. The van der Waals surface area contributed by atoms with Gasteiger partial charge in [0.2, 0.25) is 0 Å². The first-order valence-corrected chi connectivity index (χ1v) is 23.0. The van der Waals surface area contributed by atoms with Crippen molar-refractivity contribution in [3.63, 3.8) is 0 Å². The number of rotatable bonds is 5. The maximum absolute atomic E-state index is 4.98. The van der Waals surface area contributed by atoms with Gasteiger partial charge < -0.3 is 0 Å². The van der Waals surface area contributed by atoms with E-state index in [1.807, 2.05) is 60.7 Å². The van der Waals surface area contributed by atoms with Crippen LogP contribution in [0, 0.1) is 0 Å². The molecule has 67 heavy (non-hydrogen) atoms. The summed E-state index contributed by atoms with van der Waals surface area (Å²) in [6.45, 7) is 0. The first-order chi connectivity index (χ1) is 33.2. The minimum Gasteiger partial charge on any atom is -0.208 e. The Hall–Kier alpha value is -8.79.